The predicted molar refractivity (Wildman–Crippen MR) is 131 cm³/mol. The van der Waals surface area contributed by atoms with E-state index in [0.29, 0.717) is 11.1 Å². The van der Waals surface area contributed by atoms with E-state index in [1.807, 2.05) is 6.07 Å². The second kappa shape index (κ2) is 17.1. The summed E-state index contributed by atoms with van der Waals surface area (Å²) >= 11 is 4.81. The number of benzene rings is 2. The summed E-state index contributed by atoms with van der Waals surface area (Å²) in [6, 6.07) is 16.5. The van der Waals surface area contributed by atoms with Gasteiger partial charge >= 0.3 is 23.3 Å². The molecule has 0 aliphatic rings. The minimum atomic E-state index is -1.02. The fourth-order valence-corrected chi connectivity index (χ4v) is 2.68. The Morgan fingerprint density at radius 3 is 1.51 bits per heavy atom. The van der Waals surface area contributed by atoms with Crippen molar-refractivity contribution in [3.63, 3.8) is 0 Å². The van der Waals surface area contributed by atoms with Crippen LogP contribution in [0.2, 0.25) is 0 Å². The molecule has 0 spiro atoms. The maximum absolute atomic E-state index is 11.5. The van der Waals surface area contributed by atoms with Crippen molar-refractivity contribution in [2.24, 2.45) is 5.73 Å². The molecule has 9 nitrogen and oxygen atoms in total. The van der Waals surface area contributed by atoms with Gasteiger partial charge in [0.15, 0.2) is 0 Å². The molecule has 0 saturated heterocycles. The third-order valence-corrected chi connectivity index (χ3v) is 4.08. The summed E-state index contributed by atoms with van der Waals surface area (Å²) in [6.45, 7) is 6.94. The number of carbonyl (C=O) groups is 4. The molecule has 2 atom stereocenters. The van der Waals surface area contributed by atoms with Gasteiger partial charge in [0.1, 0.15) is 6.04 Å². The standard InChI is InChI=1S/C13H16O4.C8H9NO2.C4H7ClO2/c1-9(2)17-12(14)8-11(13(15)16)10-6-4-3-5-7-10;9-7(8(10)11)6-4-2-1-3-5-6;1-3(2)7-4(5)6/h3-7,9,11H,8H2,1-2H3,(H,15,16);1-5,7H,9H2,(H,10,11);3H,1-2H3/t11-;7-;/m11./s1. The molecular weight excluding hydrogens is 478 g/mol. The topological polar surface area (TPSA) is 153 Å². The fourth-order valence-electron chi connectivity index (χ4n) is 2.50. The van der Waals surface area contributed by atoms with Crippen LogP contribution >= 0.6 is 11.6 Å². The largest absolute Gasteiger partial charge is 0.481 e. The lowest BCUT2D eigenvalue weighted by Gasteiger charge is -2.13. The highest BCUT2D eigenvalue weighted by Crippen LogP contribution is 2.20. The van der Waals surface area contributed by atoms with Crippen molar-refractivity contribution < 1.29 is 38.9 Å². The van der Waals surface area contributed by atoms with E-state index in [0.717, 1.165) is 0 Å². The molecule has 2 aromatic carbocycles. The summed E-state index contributed by atoms with van der Waals surface area (Å²) in [5, 5.41) is 17.6. The second-order valence-electron chi connectivity index (χ2n) is 7.68. The van der Waals surface area contributed by atoms with Crippen molar-refractivity contribution in [3.05, 3.63) is 71.8 Å². The van der Waals surface area contributed by atoms with E-state index in [2.05, 4.69) is 4.74 Å². The van der Waals surface area contributed by atoms with Gasteiger partial charge in [-0.25, -0.2) is 4.79 Å². The monoisotopic (exact) mass is 509 g/mol. The van der Waals surface area contributed by atoms with Crippen molar-refractivity contribution in [2.45, 2.75) is 58.3 Å². The summed E-state index contributed by atoms with van der Waals surface area (Å²) in [7, 11) is 0. The lowest BCUT2D eigenvalue weighted by Crippen LogP contribution is -2.20. The molecule has 2 aromatic rings. The number of halogens is 1. The zero-order chi connectivity index (χ0) is 27.0. The first-order valence-electron chi connectivity index (χ1n) is 10.7. The average molecular weight is 510 g/mol. The highest BCUT2D eigenvalue weighted by molar-refractivity contribution is 6.61. The minimum absolute atomic E-state index is 0.106. The first kappa shape index (κ1) is 31.6. The molecule has 35 heavy (non-hydrogen) atoms. The molecule has 0 aromatic heterocycles. The van der Waals surface area contributed by atoms with Crippen LogP contribution in [0.4, 0.5) is 4.79 Å². The van der Waals surface area contributed by atoms with E-state index >= 15 is 0 Å². The van der Waals surface area contributed by atoms with Crippen molar-refractivity contribution in [2.75, 3.05) is 0 Å². The summed E-state index contributed by atoms with van der Waals surface area (Å²) in [5.41, 5.74) is 5.83. The summed E-state index contributed by atoms with van der Waals surface area (Å²) in [4.78, 5) is 42.7. The van der Waals surface area contributed by atoms with Gasteiger partial charge in [0.05, 0.1) is 24.5 Å². The fraction of sp³-hybridized carbons (Fsp3) is 0.360. The zero-order valence-electron chi connectivity index (χ0n) is 20.1. The van der Waals surface area contributed by atoms with Gasteiger partial charge in [0.2, 0.25) is 0 Å². The number of carboxylic acid groups (broad SMARTS) is 2. The Hall–Kier alpha value is -3.43. The van der Waals surface area contributed by atoms with Crippen LogP contribution in [0.3, 0.4) is 0 Å². The summed E-state index contributed by atoms with van der Waals surface area (Å²) in [5.74, 6) is -3.35. The first-order valence-corrected chi connectivity index (χ1v) is 11.1. The van der Waals surface area contributed by atoms with Gasteiger partial charge in [-0.3, -0.25) is 14.4 Å². The smallest absolute Gasteiger partial charge is 0.404 e. The minimum Gasteiger partial charge on any atom is -0.481 e. The molecule has 0 bridgehead atoms. The van der Waals surface area contributed by atoms with Gasteiger partial charge in [-0.05, 0) is 38.8 Å². The van der Waals surface area contributed by atoms with Gasteiger partial charge in [-0.15, -0.1) is 0 Å². The predicted octanol–water partition coefficient (Wildman–Crippen LogP) is 4.74. The third-order valence-electron chi connectivity index (χ3n) is 3.99. The zero-order valence-corrected chi connectivity index (χ0v) is 20.8. The van der Waals surface area contributed by atoms with Crippen LogP contribution in [0.25, 0.3) is 0 Å². The van der Waals surface area contributed by atoms with E-state index in [-0.39, 0.29) is 18.6 Å². The van der Waals surface area contributed by atoms with Crippen molar-refractivity contribution in [1.82, 2.24) is 0 Å². The molecule has 0 radical (unpaired) electrons. The lowest BCUT2D eigenvalue weighted by molar-refractivity contribution is -0.151. The number of nitrogens with two attached hydrogens (primary N) is 1. The van der Waals surface area contributed by atoms with Gasteiger partial charge in [-0.2, -0.15) is 0 Å². The van der Waals surface area contributed by atoms with E-state index in [1.54, 1.807) is 82.3 Å². The molecule has 0 heterocycles. The Morgan fingerprint density at radius 2 is 1.20 bits per heavy atom. The number of carbonyl (C=O) groups excluding carboxylic acids is 2. The Kier molecular flexibility index (Phi) is 15.4. The summed E-state index contributed by atoms with van der Waals surface area (Å²) in [6.07, 6.45) is -0.477. The summed E-state index contributed by atoms with van der Waals surface area (Å²) < 4.78 is 9.33. The Labute approximate surface area is 209 Å². The Balaban J connectivity index is 0.000000550. The van der Waals surface area contributed by atoms with Gasteiger partial charge in [0.25, 0.3) is 0 Å². The van der Waals surface area contributed by atoms with Crippen LogP contribution in [0.5, 0.6) is 0 Å². The van der Waals surface area contributed by atoms with Crippen LogP contribution in [0.1, 0.15) is 57.2 Å². The van der Waals surface area contributed by atoms with Gasteiger partial charge in [-0.1, -0.05) is 60.7 Å². The number of rotatable bonds is 8. The molecule has 0 saturated carbocycles. The highest BCUT2D eigenvalue weighted by atomic mass is 35.5. The van der Waals surface area contributed by atoms with Gasteiger partial charge < -0.3 is 25.4 Å². The Morgan fingerprint density at radius 1 is 0.771 bits per heavy atom. The molecule has 10 heteroatoms. The Bertz CT molecular complexity index is 920. The number of hydrogen-bond acceptors (Lipinski definition) is 7. The quantitative estimate of drug-likeness (QED) is 0.338. The maximum atomic E-state index is 11.5. The van der Waals surface area contributed by atoms with Crippen LogP contribution in [-0.2, 0) is 23.9 Å². The van der Waals surface area contributed by atoms with Crippen molar-refractivity contribution >= 4 is 34.9 Å². The van der Waals surface area contributed by atoms with E-state index < -0.39 is 35.3 Å². The number of ether oxygens (including phenoxy) is 2. The van der Waals surface area contributed by atoms with Crippen LogP contribution in [-0.4, -0.2) is 45.8 Å². The maximum Gasteiger partial charge on any atom is 0.404 e. The number of aliphatic carboxylic acids is 2. The third kappa shape index (κ3) is 15.2. The van der Waals surface area contributed by atoms with Crippen LogP contribution < -0.4 is 5.73 Å². The van der Waals surface area contributed by atoms with E-state index in [4.69, 9.17) is 32.3 Å². The molecule has 0 fully saturated rings. The van der Waals surface area contributed by atoms with E-state index in [9.17, 15) is 19.2 Å². The van der Waals surface area contributed by atoms with E-state index in [1.165, 1.54) is 0 Å². The van der Waals surface area contributed by atoms with Crippen LogP contribution in [0.15, 0.2) is 60.7 Å². The molecular formula is C25H32ClNO8. The first-order chi connectivity index (χ1) is 16.3. The molecule has 0 unspecified atom stereocenters. The molecule has 0 aliphatic carbocycles. The molecule has 0 aliphatic heterocycles. The number of hydrogen-bond donors (Lipinski definition) is 3. The van der Waals surface area contributed by atoms with Crippen molar-refractivity contribution in [3.8, 4) is 0 Å². The van der Waals surface area contributed by atoms with Gasteiger partial charge in [0, 0.05) is 11.6 Å². The lowest BCUT2D eigenvalue weighted by atomic mass is 9.96. The normalized spacial score (nSPS) is 11.7. The molecule has 2 rings (SSSR count). The molecule has 192 valence electrons. The molecule has 4 N–H and O–H groups in total. The number of esters is 1. The molecule has 0 amide bonds. The number of carboxylic acids is 2. The SMILES string of the molecule is CC(C)OC(=O)C[C@@H](C(=O)O)c1ccccc1.CC(C)OC(=O)Cl.N[C@@H](C(=O)O)c1ccccc1. The second-order valence-corrected chi connectivity index (χ2v) is 7.98. The van der Waals surface area contributed by atoms with Crippen molar-refractivity contribution in [1.29, 1.82) is 0 Å². The highest BCUT2D eigenvalue weighted by Gasteiger charge is 2.24. The average Bonchev–Trinajstić information content (AvgIpc) is 2.77. The van der Waals surface area contributed by atoms with Crippen LogP contribution in [0, 0.1) is 0 Å².